The number of rotatable bonds is 3. The molecular formula is C48H29N3O. The van der Waals surface area contributed by atoms with Gasteiger partial charge in [-0.05, 0) is 55.9 Å². The number of aromatic nitrogens is 3. The summed E-state index contributed by atoms with van der Waals surface area (Å²) in [4.78, 5) is 16.0. The lowest BCUT2D eigenvalue weighted by Crippen LogP contribution is -2.32. The molecule has 0 N–H and O–H groups in total. The quantitative estimate of drug-likeness (QED) is 0.189. The van der Waals surface area contributed by atoms with E-state index >= 15 is 0 Å². The molecule has 4 heteroatoms. The smallest absolute Gasteiger partial charge is 0.164 e. The maximum atomic E-state index is 6.58. The van der Waals surface area contributed by atoms with Crippen LogP contribution in [0.15, 0.2) is 176 Å². The fraction of sp³-hybridized carbons (Fsp3) is 0.0208. The molecule has 0 fully saturated rings. The molecule has 0 radical (unpaired) electrons. The van der Waals surface area contributed by atoms with Gasteiger partial charge < -0.3 is 4.74 Å². The standard InChI is InChI=1S/C48H29N3O/c1-3-18-32-30(14-1)16-11-21-34(32)45-49-46(35-22-12-17-31-15-2-4-19-33(31)35)51-47(50-45)37-23-13-27-41-44(37)36-20-5-6-24-38(36)48(41)39-25-7-9-28-42(39)52-43-29-10-8-26-40(43)48/h1-29H. The van der Waals surface area contributed by atoms with E-state index in [2.05, 4.69) is 164 Å². The van der Waals surface area contributed by atoms with Crippen molar-refractivity contribution in [3.8, 4) is 56.8 Å². The predicted molar refractivity (Wildman–Crippen MR) is 209 cm³/mol. The fourth-order valence-electron chi connectivity index (χ4n) is 8.67. The van der Waals surface area contributed by atoms with E-state index in [4.69, 9.17) is 19.7 Å². The van der Waals surface area contributed by atoms with Gasteiger partial charge in [-0.15, -0.1) is 0 Å². The molecule has 0 saturated carbocycles. The molecule has 0 saturated heterocycles. The number of fused-ring (bicyclic) bond motifs is 11. The molecule has 2 heterocycles. The maximum absolute atomic E-state index is 6.58. The van der Waals surface area contributed by atoms with Gasteiger partial charge >= 0.3 is 0 Å². The molecule has 0 amide bonds. The molecule has 8 aromatic carbocycles. The Kier molecular flexibility index (Phi) is 6.13. The minimum atomic E-state index is -0.586. The van der Waals surface area contributed by atoms with Gasteiger partial charge in [-0.1, -0.05) is 164 Å². The highest BCUT2D eigenvalue weighted by molar-refractivity contribution is 5.99. The van der Waals surface area contributed by atoms with E-state index in [0.29, 0.717) is 17.5 Å². The van der Waals surface area contributed by atoms with E-state index in [9.17, 15) is 0 Å². The molecule has 1 aliphatic heterocycles. The van der Waals surface area contributed by atoms with Crippen LogP contribution in [-0.4, -0.2) is 15.0 Å². The Balaban J connectivity index is 1.24. The average Bonchev–Trinajstić information content (AvgIpc) is 3.51. The highest BCUT2D eigenvalue weighted by Crippen LogP contribution is 2.63. The molecule has 11 rings (SSSR count). The molecule has 9 aromatic rings. The van der Waals surface area contributed by atoms with E-state index < -0.39 is 5.41 Å². The van der Waals surface area contributed by atoms with Gasteiger partial charge in [0, 0.05) is 27.8 Å². The van der Waals surface area contributed by atoms with Crippen LogP contribution in [0.25, 0.3) is 66.8 Å². The van der Waals surface area contributed by atoms with E-state index in [-0.39, 0.29) is 0 Å². The normalized spacial score (nSPS) is 13.3. The number of para-hydroxylation sites is 2. The molecular weight excluding hydrogens is 635 g/mol. The van der Waals surface area contributed by atoms with Crippen LogP contribution in [0.4, 0.5) is 0 Å². The zero-order valence-corrected chi connectivity index (χ0v) is 28.0. The molecule has 52 heavy (non-hydrogen) atoms. The second-order valence-electron chi connectivity index (χ2n) is 13.5. The van der Waals surface area contributed by atoms with Gasteiger partial charge in [-0.25, -0.2) is 15.0 Å². The Hall–Kier alpha value is -6.91. The first-order chi connectivity index (χ1) is 25.8. The SMILES string of the molecule is c1ccc2c(c1)Oc1ccccc1C21c2ccccc2-c2c(-c3nc(-c4cccc5ccccc45)nc(-c4cccc5ccccc45)n3)cccc21. The van der Waals surface area contributed by atoms with Crippen LogP contribution in [0.1, 0.15) is 22.3 Å². The van der Waals surface area contributed by atoms with Crippen molar-refractivity contribution in [2.24, 2.45) is 0 Å². The van der Waals surface area contributed by atoms with Crippen LogP contribution in [-0.2, 0) is 5.41 Å². The predicted octanol–water partition coefficient (Wildman–Crippen LogP) is 11.6. The topological polar surface area (TPSA) is 47.9 Å². The lowest BCUT2D eigenvalue weighted by Gasteiger charge is -2.39. The average molecular weight is 664 g/mol. The van der Waals surface area contributed by atoms with E-state index in [0.717, 1.165) is 66.4 Å². The minimum Gasteiger partial charge on any atom is -0.457 e. The van der Waals surface area contributed by atoms with E-state index in [1.165, 1.54) is 16.7 Å². The van der Waals surface area contributed by atoms with Crippen LogP contribution < -0.4 is 4.74 Å². The van der Waals surface area contributed by atoms with Gasteiger partial charge in [0.05, 0.1) is 5.41 Å². The first kappa shape index (κ1) is 28.9. The van der Waals surface area contributed by atoms with Crippen molar-refractivity contribution in [2.75, 3.05) is 0 Å². The van der Waals surface area contributed by atoms with Gasteiger partial charge in [0.15, 0.2) is 17.5 Å². The first-order valence-corrected chi connectivity index (χ1v) is 17.6. The largest absolute Gasteiger partial charge is 0.457 e. The molecule has 4 nitrogen and oxygen atoms in total. The third kappa shape index (κ3) is 4.00. The monoisotopic (exact) mass is 663 g/mol. The summed E-state index contributed by atoms with van der Waals surface area (Å²) in [6.07, 6.45) is 0. The summed E-state index contributed by atoms with van der Waals surface area (Å²) in [6, 6.07) is 61.8. The van der Waals surface area contributed by atoms with Gasteiger partial charge in [0.2, 0.25) is 0 Å². The Morgan fingerprint density at radius 1 is 0.327 bits per heavy atom. The van der Waals surface area contributed by atoms with Crippen LogP contribution in [0.2, 0.25) is 0 Å². The van der Waals surface area contributed by atoms with Crippen molar-refractivity contribution < 1.29 is 4.74 Å². The highest BCUT2D eigenvalue weighted by atomic mass is 16.5. The molecule has 1 aliphatic carbocycles. The summed E-state index contributed by atoms with van der Waals surface area (Å²) in [5.41, 5.74) is 9.28. The zero-order valence-electron chi connectivity index (χ0n) is 28.0. The van der Waals surface area contributed by atoms with Crippen molar-refractivity contribution >= 4 is 21.5 Å². The molecule has 0 bridgehead atoms. The third-order valence-electron chi connectivity index (χ3n) is 10.8. The summed E-state index contributed by atoms with van der Waals surface area (Å²) >= 11 is 0. The lowest BCUT2D eigenvalue weighted by molar-refractivity contribution is 0.436. The second-order valence-corrected chi connectivity index (χ2v) is 13.5. The first-order valence-electron chi connectivity index (χ1n) is 17.6. The van der Waals surface area contributed by atoms with Crippen molar-refractivity contribution in [3.05, 3.63) is 198 Å². The summed E-state index contributed by atoms with van der Waals surface area (Å²) < 4.78 is 6.58. The van der Waals surface area contributed by atoms with Crippen LogP contribution >= 0.6 is 0 Å². The Morgan fingerprint density at radius 3 is 1.35 bits per heavy atom. The highest BCUT2D eigenvalue weighted by Gasteiger charge is 2.51. The van der Waals surface area contributed by atoms with Crippen molar-refractivity contribution in [3.63, 3.8) is 0 Å². The second kappa shape index (κ2) is 11.0. The van der Waals surface area contributed by atoms with Crippen molar-refractivity contribution in [2.45, 2.75) is 5.41 Å². The summed E-state index contributed by atoms with van der Waals surface area (Å²) in [7, 11) is 0. The zero-order chi connectivity index (χ0) is 34.2. The fourth-order valence-corrected chi connectivity index (χ4v) is 8.67. The number of benzene rings is 8. The minimum absolute atomic E-state index is 0.586. The van der Waals surface area contributed by atoms with Crippen molar-refractivity contribution in [1.82, 2.24) is 15.0 Å². The Labute approximate surface area is 300 Å². The molecule has 1 aromatic heterocycles. The summed E-state index contributed by atoms with van der Waals surface area (Å²) in [5, 5.41) is 4.48. The third-order valence-corrected chi connectivity index (χ3v) is 10.8. The number of hydrogen-bond donors (Lipinski definition) is 0. The van der Waals surface area contributed by atoms with Gasteiger partial charge in [0.1, 0.15) is 11.5 Å². The summed E-state index contributed by atoms with van der Waals surface area (Å²) in [5.74, 6) is 3.66. The maximum Gasteiger partial charge on any atom is 0.164 e. The van der Waals surface area contributed by atoms with Crippen molar-refractivity contribution in [1.29, 1.82) is 0 Å². The summed E-state index contributed by atoms with van der Waals surface area (Å²) in [6.45, 7) is 0. The number of ether oxygens (including phenoxy) is 1. The van der Waals surface area contributed by atoms with Crippen LogP contribution in [0.5, 0.6) is 11.5 Å². The molecule has 0 unspecified atom stereocenters. The lowest BCUT2D eigenvalue weighted by atomic mass is 9.66. The Bertz CT molecular complexity index is 2760. The van der Waals surface area contributed by atoms with Gasteiger partial charge in [-0.3, -0.25) is 0 Å². The van der Waals surface area contributed by atoms with Gasteiger partial charge in [-0.2, -0.15) is 0 Å². The van der Waals surface area contributed by atoms with E-state index in [1.807, 2.05) is 12.1 Å². The molecule has 1 spiro atoms. The molecule has 0 atom stereocenters. The van der Waals surface area contributed by atoms with Gasteiger partial charge in [0.25, 0.3) is 0 Å². The van der Waals surface area contributed by atoms with Crippen LogP contribution in [0, 0.1) is 0 Å². The Morgan fingerprint density at radius 2 is 0.731 bits per heavy atom. The molecule has 2 aliphatic rings. The van der Waals surface area contributed by atoms with Crippen LogP contribution in [0.3, 0.4) is 0 Å². The number of nitrogens with zero attached hydrogens (tertiary/aromatic N) is 3. The van der Waals surface area contributed by atoms with E-state index in [1.54, 1.807) is 0 Å². The number of hydrogen-bond acceptors (Lipinski definition) is 4. The molecule has 242 valence electrons.